The average Bonchev–Trinajstić information content (AvgIpc) is 2.81. The summed E-state index contributed by atoms with van der Waals surface area (Å²) in [5, 5.41) is 34.2. The molecule has 3 rings (SSSR count). The molecule has 10 heteroatoms. The van der Waals surface area contributed by atoms with Crippen LogP contribution >= 0.6 is 23.2 Å². The van der Waals surface area contributed by atoms with Gasteiger partial charge in [0.25, 0.3) is 0 Å². The van der Waals surface area contributed by atoms with Crippen LogP contribution < -0.4 is 16.3 Å². The third-order valence-corrected chi connectivity index (χ3v) is 5.52. The van der Waals surface area contributed by atoms with Crippen LogP contribution in [-0.2, 0) is 22.8 Å². The van der Waals surface area contributed by atoms with E-state index in [1.165, 1.54) is 6.07 Å². The van der Waals surface area contributed by atoms with E-state index in [0.717, 1.165) is 5.56 Å². The molecule has 0 aliphatic rings. The van der Waals surface area contributed by atoms with Gasteiger partial charge in [0, 0.05) is 34.8 Å². The SMILES string of the molecule is CC(NOCCONCc1ccccc1O)c1cccc(NCc2cc(Cl)cc(Cl)c2O)c1O. The summed E-state index contributed by atoms with van der Waals surface area (Å²) in [5.41, 5.74) is 7.98. The summed E-state index contributed by atoms with van der Waals surface area (Å²) in [6.45, 7) is 2.95. The minimum atomic E-state index is -0.315. The van der Waals surface area contributed by atoms with E-state index >= 15 is 0 Å². The number of benzene rings is 3. The van der Waals surface area contributed by atoms with Crippen LogP contribution in [0.25, 0.3) is 0 Å². The molecular weight excluding hydrogens is 481 g/mol. The first-order valence-corrected chi connectivity index (χ1v) is 11.3. The number of aromatic hydroxyl groups is 3. The molecule has 1 unspecified atom stereocenters. The Morgan fingerprint density at radius 3 is 2.41 bits per heavy atom. The summed E-state index contributed by atoms with van der Waals surface area (Å²) in [4.78, 5) is 10.7. The molecule has 0 aliphatic carbocycles. The van der Waals surface area contributed by atoms with Gasteiger partial charge in [-0.1, -0.05) is 53.5 Å². The van der Waals surface area contributed by atoms with Crippen LogP contribution in [0.5, 0.6) is 17.2 Å². The lowest BCUT2D eigenvalue weighted by atomic mass is 10.1. The van der Waals surface area contributed by atoms with Crippen molar-refractivity contribution in [3.05, 3.63) is 81.3 Å². The Hall–Kier alpha value is -2.72. The van der Waals surface area contributed by atoms with Gasteiger partial charge in [-0.3, -0.25) is 9.68 Å². The van der Waals surface area contributed by atoms with Crippen LogP contribution in [0.1, 0.15) is 29.7 Å². The van der Waals surface area contributed by atoms with Gasteiger partial charge in [0.05, 0.1) is 30.0 Å². The van der Waals surface area contributed by atoms with Crippen molar-refractivity contribution in [1.29, 1.82) is 0 Å². The van der Waals surface area contributed by atoms with Gasteiger partial charge in [0.15, 0.2) is 0 Å². The first kappa shape index (κ1) is 25.9. The molecule has 0 heterocycles. The number of phenolic OH excluding ortho intramolecular Hbond substituents is 3. The summed E-state index contributed by atoms with van der Waals surface area (Å²) in [6.07, 6.45) is 0. The molecule has 1 atom stereocenters. The van der Waals surface area contributed by atoms with Gasteiger partial charge < -0.3 is 20.6 Å². The summed E-state index contributed by atoms with van der Waals surface area (Å²) in [6, 6.07) is 15.1. The second kappa shape index (κ2) is 12.7. The van der Waals surface area contributed by atoms with Gasteiger partial charge in [0.1, 0.15) is 17.2 Å². The highest BCUT2D eigenvalue weighted by Crippen LogP contribution is 2.34. The maximum absolute atomic E-state index is 10.7. The van der Waals surface area contributed by atoms with Crippen LogP contribution in [0.4, 0.5) is 5.69 Å². The summed E-state index contributed by atoms with van der Waals surface area (Å²) in [7, 11) is 0. The van der Waals surface area contributed by atoms with Crippen LogP contribution in [0.15, 0.2) is 54.6 Å². The van der Waals surface area contributed by atoms with Crippen molar-refractivity contribution in [2.75, 3.05) is 18.5 Å². The lowest BCUT2D eigenvalue weighted by Gasteiger charge is -2.18. The largest absolute Gasteiger partial charge is 0.508 e. The van der Waals surface area contributed by atoms with Crippen LogP contribution in [0.2, 0.25) is 10.0 Å². The number of halogens is 2. The van der Waals surface area contributed by atoms with Gasteiger partial charge in [0.2, 0.25) is 0 Å². The van der Waals surface area contributed by atoms with Gasteiger partial charge in [-0.05, 0) is 31.2 Å². The smallest absolute Gasteiger partial charge is 0.143 e. The van der Waals surface area contributed by atoms with Crippen molar-refractivity contribution in [3.63, 3.8) is 0 Å². The zero-order chi connectivity index (χ0) is 24.5. The Bertz CT molecular complexity index is 1100. The second-order valence-corrected chi connectivity index (χ2v) is 8.32. The molecule has 0 aliphatic heterocycles. The molecular formula is C24H27Cl2N3O5. The molecule has 8 nitrogen and oxygen atoms in total. The first-order valence-electron chi connectivity index (χ1n) is 10.6. The van der Waals surface area contributed by atoms with Crippen LogP contribution in [-0.4, -0.2) is 28.5 Å². The summed E-state index contributed by atoms with van der Waals surface area (Å²) in [5.74, 6) is 0.198. The Morgan fingerprint density at radius 1 is 0.853 bits per heavy atom. The van der Waals surface area contributed by atoms with E-state index in [0.29, 0.717) is 28.4 Å². The van der Waals surface area contributed by atoms with Gasteiger partial charge in [-0.15, -0.1) is 0 Å². The molecule has 0 saturated heterocycles. The molecule has 0 aromatic heterocycles. The first-order chi connectivity index (χ1) is 16.4. The fraction of sp³-hybridized carbons (Fsp3) is 0.250. The van der Waals surface area contributed by atoms with Crippen molar-refractivity contribution >= 4 is 28.9 Å². The van der Waals surface area contributed by atoms with Gasteiger partial charge in [-0.25, -0.2) is 0 Å². The zero-order valence-electron chi connectivity index (χ0n) is 18.5. The van der Waals surface area contributed by atoms with Gasteiger partial charge >= 0.3 is 0 Å². The standard InChI is InChI=1S/C24H27Cl2N3O5/c1-15(29-34-10-9-33-28-14-16-5-2-3-8-22(16)30)19-6-4-7-21(24(19)32)27-13-17-11-18(25)12-20(26)23(17)31/h2-8,11-12,15,27-32H,9-10,13-14H2,1H3. The highest BCUT2D eigenvalue weighted by Gasteiger charge is 2.15. The number of anilines is 1. The molecule has 0 amide bonds. The van der Waals surface area contributed by atoms with Crippen LogP contribution in [0, 0.1) is 0 Å². The Labute approximate surface area is 208 Å². The average molecular weight is 508 g/mol. The molecule has 0 bridgehead atoms. The number of hydrogen-bond acceptors (Lipinski definition) is 8. The number of phenols is 3. The van der Waals surface area contributed by atoms with E-state index in [2.05, 4.69) is 16.3 Å². The second-order valence-electron chi connectivity index (χ2n) is 7.48. The molecule has 3 aromatic rings. The quantitative estimate of drug-likeness (QED) is 0.115. The molecule has 0 radical (unpaired) electrons. The highest BCUT2D eigenvalue weighted by molar-refractivity contribution is 6.35. The van der Waals surface area contributed by atoms with E-state index in [1.807, 2.05) is 13.0 Å². The van der Waals surface area contributed by atoms with Crippen molar-refractivity contribution in [1.82, 2.24) is 11.0 Å². The molecule has 0 saturated carbocycles. The predicted molar refractivity (Wildman–Crippen MR) is 132 cm³/mol. The third-order valence-electron chi connectivity index (χ3n) is 5.01. The minimum absolute atomic E-state index is 0.0549. The van der Waals surface area contributed by atoms with Crippen molar-refractivity contribution < 1.29 is 25.0 Å². The highest BCUT2D eigenvalue weighted by atomic mass is 35.5. The Morgan fingerprint density at radius 2 is 1.62 bits per heavy atom. The molecule has 6 N–H and O–H groups in total. The Balaban J connectivity index is 1.44. The molecule has 0 spiro atoms. The summed E-state index contributed by atoms with van der Waals surface area (Å²) >= 11 is 12.0. The van der Waals surface area contributed by atoms with E-state index in [4.69, 9.17) is 32.9 Å². The number of nitrogens with one attached hydrogen (secondary N) is 3. The monoisotopic (exact) mass is 507 g/mol. The van der Waals surface area contributed by atoms with Gasteiger partial charge in [-0.2, -0.15) is 11.0 Å². The lowest BCUT2D eigenvalue weighted by Crippen LogP contribution is -2.24. The van der Waals surface area contributed by atoms with E-state index in [-0.39, 0.29) is 48.1 Å². The van der Waals surface area contributed by atoms with Crippen molar-refractivity contribution in [2.24, 2.45) is 0 Å². The Kier molecular flexibility index (Phi) is 9.64. The number of rotatable bonds is 12. The van der Waals surface area contributed by atoms with E-state index in [1.54, 1.807) is 42.5 Å². The number of hydroxylamine groups is 2. The molecule has 182 valence electrons. The topological polar surface area (TPSA) is 115 Å². The van der Waals surface area contributed by atoms with Crippen molar-refractivity contribution in [3.8, 4) is 17.2 Å². The minimum Gasteiger partial charge on any atom is -0.508 e. The molecule has 34 heavy (non-hydrogen) atoms. The number of hydrogen-bond donors (Lipinski definition) is 6. The fourth-order valence-corrected chi connectivity index (χ4v) is 3.73. The maximum Gasteiger partial charge on any atom is 0.143 e. The van der Waals surface area contributed by atoms with E-state index in [9.17, 15) is 15.3 Å². The van der Waals surface area contributed by atoms with Crippen LogP contribution in [0.3, 0.4) is 0 Å². The van der Waals surface area contributed by atoms with Crippen molar-refractivity contribution in [2.45, 2.75) is 26.1 Å². The lowest BCUT2D eigenvalue weighted by molar-refractivity contribution is -0.0471. The predicted octanol–water partition coefficient (Wildman–Crippen LogP) is 5.03. The molecule has 0 fully saturated rings. The zero-order valence-corrected chi connectivity index (χ0v) is 20.0. The maximum atomic E-state index is 10.7. The summed E-state index contributed by atoms with van der Waals surface area (Å²) < 4.78 is 0. The molecule has 3 aromatic carbocycles. The fourth-order valence-electron chi connectivity index (χ4n) is 3.19. The number of para-hydroxylation sites is 2. The van der Waals surface area contributed by atoms with E-state index < -0.39 is 0 Å². The normalized spacial score (nSPS) is 12.0. The third kappa shape index (κ3) is 7.14.